The summed E-state index contributed by atoms with van der Waals surface area (Å²) in [4.78, 5) is 21.5. The first kappa shape index (κ1) is 15.3. The van der Waals surface area contributed by atoms with Crippen LogP contribution in [0.4, 0.5) is 20.2 Å². The summed E-state index contributed by atoms with van der Waals surface area (Å²) in [5.41, 5.74) is -1.11. The number of nitro benzene ring substituents is 1. The highest BCUT2D eigenvalue weighted by atomic mass is 127. The zero-order chi connectivity index (χ0) is 15.6. The third-order valence-electron chi connectivity index (χ3n) is 2.59. The average molecular weight is 404 g/mol. The van der Waals surface area contributed by atoms with Crippen molar-refractivity contribution in [3.8, 4) is 0 Å². The quantitative estimate of drug-likeness (QED) is 0.482. The van der Waals surface area contributed by atoms with Crippen molar-refractivity contribution in [3.05, 3.63) is 67.3 Å². The van der Waals surface area contributed by atoms with Gasteiger partial charge in [0.1, 0.15) is 5.82 Å². The van der Waals surface area contributed by atoms with Crippen molar-refractivity contribution in [1.29, 1.82) is 0 Å². The number of hydrogen-bond acceptors (Lipinski definition) is 3. The molecule has 0 fully saturated rings. The van der Waals surface area contributed by atoms with Crippen molar-refractivity contribution in [2.24, 2.45) is 0 Å². The van der Waals surface area contributed by atoms with Gasteiger partial charge in [-0.1, -0.05) is 0 Å². The number of rotatable bonds is 3. The molecule has 2 rings (SSSR count). The number of anilines is 1. The Balaban J connectivity index is 2.30. The Morgan fingerprint density at radius 2 is 1.76 bits per heavy atom. The Labute approximate surface area is 131 Å². The molecule has 2 aromatic rings. The van der Waals surface area contributed by atoms with E-state index in [1.54, 1.807) is 12.1 Å². The van der Waals surface area contributed by atoms with E-state index in [1.165, 1.54) is 12.1 Å². The summed E-state index contributed by atoms with van der Waals surface area (Å²) in [5, 5.41) is 12.8. The summed E-state index contributed by atoms with van der Waals surface area (Å²) < 4.78 is 27.7. The van der Waals surface area contributed by atoms with Crippen LogP contribution in [-0.4, -0.2) is 10.8 Å². The van der Waals surface area contributed by atoms with Crippen LogP contribution in [0.5, 0.6) is 0 Å². The highest BCUT2D eigenvalue weighted by Gasteiger charge is 2.20. The van der Waals surface area contributed by atoms with Crippen LogP contribution in [-0.2, 0) is 0 Å². The van der Waals surface area contributed by atoms with E-state index >= 15 is 0 Å². The summed E-state index contributed by atoms with van der Waals surface area (Å²) in [5.74, 6) is -3.03. The molecule has 0 saturated heterocycles. The van der Waals surface area contributed by atoms with Crippen LogP contribution < -0.4 is 5.32 Å². The molecule has 1 N–H and O–H groups in total. The van der Waals surface area contributed by atoms with Crippen LogP contribution in [0.25, 0.3) is 0 Å². The molecule has 21 heavy (non-hydrogen) atoms. The minimum absolute atomic E-state index is 0.252. The molecule has 0 radical (unpaired) electrons. The number of nitrogens with zero attached hydrogens (tertiary/aromatic N) is 1. The zero-order valence-corrected chi connectivity index (χ0v) is 12.4. The molecule has 0 saturated carbocycles. The number of nitrogens with one attached hydrogen (secondary N) is 1. The van der Waals surface area contributed by atoms with E-state index in [0.717, 1.165) is 3.57 Å². The molecule has 0 spiro atoms. The smallest absolute Gasteiger partial charge is 0.307 e. The van der Waals surface area contributed by atoms with Crippen LogP contribution in [0.15, 0.2) is 36.4 Å². The highest BCUT2D eigenvalue weighted by Crippen LogP contribution is 2.25. The van der Waals surface area contributed by atoms with E-state index < -0.39 is 33.8 Å². The predicted octanol–water partition coefficient (Wildman–Crippen LogP) is 3.73. The van der Waals surface area contributed by atoms with Crippen LogP contribution >= 0.6 is 22.6 Å². The van der Waals surface area contributed by atoms with E-state index in [9.17, 15) is 23.7 Å². The lowest BCUT2D eigenvalue weighted by molar-refractivity contribution is -0.387. The predicted molar refractivity (Wildman–Crippen MR) is 80.1 cm³/mol. The molecule has 0 atom stereocenters. The minimum atomic E-state index is -1.30. The largest absolute Gasteiger partial charge is 0.319 e. The van der Waals surface area contributed by atoms with Crippen molar-refractivity contribution in [2.75, 3.05) is 5.32 Å². The molecule has 5 nitrogen and oxygen atoms in total. The summed E-state index contributed by atoms with van der Waals surface area (Å²) in [7, 11) is 0. The van der Waals surface area contributed by atoms with Gasteiger partial charge in [-0.3, -0.25) is 14.9 Å². The number of nitro groups is 1. The van der Waals surface area contributed by atoms with E-state index in [0.29, 0.717) is 12.1 Å². The first-order chi connectivity index (χ1) is 9.88. The van der Waals surface area contributed by atoms with Crippen LogP contribution in [0, 0.1) is 25.3 Å². The second-order valence-corrected chi connectivity index (χ2v) is 5.25. The third kappa shape index (κ3) is 3.51. The molecule has 2 aromatic carbocycles. The topological polar surface area (TPSA) is 72.2 Å². The SMILES string of the molecule is O=C(Nc1cc([N+](=O)[O-])c(F)cc1F)c1ccc(I)cc1. The Bertz CT molecular complexity index is 720. The van der Waals surface area contributed by atoms with Crippen LogP contribution in [0.3, 0.4) is 0 Å². The van der Waals surface area contributed by atoms with Gasteiger partial charge in [0.05, 0.1) is 10.6 Å². The maximum absolute atomic E-state index is 13.6. The second kappa shape index (κ2) is 6.12. The average Bonchev–Trinajstić information content (AvgIpc) is 2.42. The van der Waals surface area contributed by atoms with Gasteiger partial charge < -0.3 is 5.32 Å². The second-order valence-electron chi connectivity index (χ2n) is 4.00. The van der Waals surface area contributed by atoms with Crippen LogP contribution in [0.1, 0.15) is 10.4 Å². The molecule has 0 aliphatic rings. The standard InChI is InChI=1S/C13H7F2IN2O3/c14-9-5-10(15)12(18(20)21)6-11(9)17-13(19)7-1-3-8(16)4-2-7/h1-6H,(H,17,19). The lowest BCUT2D eigenvalue weighted by atomic mass is 10.2. The molecule has 0 aliphatic carbocycles. The lowest BCUT2D eigenvalue weighted by Crippen LogP contribution is -2.13. The summed E-state index contributed by atoms with van der Waals surface area (Å²) in [6.07, 6.45) is 0. The number of carbonyl (C=O) groups excluding carboxylic acids is 1. The van der Waals surface area contributed by atoms with Gasteiger partial charge in [0.25, 0.3) is 5.91 Å². The molecular weight excluding hydrogens is 397 g/mol. The maximum Gasteiger partial charge on any atom is 0.307 e. The Hall–Kier alpha value is -2.10. The zero-order valence-electron chi connectivity index (χ0n) is 10.3. The molecule has 8 heteroatoms. The van der Waals surface area contributed by atoms with Gasteiger partial charge in [-0.2, -0.15) is 4.39 Å². The van der Waals surface area contributed by atoms with E-state index in [-0.39, 0.29) is 5.56 Å². The fourth-order valence-corrected chi connectivity index (χ4v) is 1.93. The summed E-state index contributed by atoms with van der Waals surface area (Å²) in [6, 6.07) is 7.41. The van der Waals surface area contributed by atoms with E-state index in [2.05, 4.69) is 27.9 Å². The third-order valence-corrected chi connectivity index (χ3v) is 3.31. The van der Waals surface area contributed by atoms with Crippen molar-refractivity contribution >= 4 is 39.9 Å². The van der Waals surface area contributed by atoms with Crippen LogP contribution in [0.2, 0.25) is 0 Å². The number of hydrogen-bond donors (Lipinski definition) is 1. The first-order valence-corrected chi connectivity index (χ1v) is 6.66. The van der Waals surface area contributed by atoms with Crippen molar-refractivity contribution in [2.45, 2.75) is 0 Å². The Kier molecular flexibility index (Phi) is 4.46. The van der Waals surface area contributed by atoms with Gasteiger partial charge in [0.2, 0.25) is 5.82 Å². The number of amides is 1. The van der Waals surface area contributed by atoms with Gasteiger partial charge in [-0.25, -0.2) is 4.39 Å². The fourth-order valence-electron chi connectivity index (χ4n) is 1.57. The molecule has 0 unspecified atom stereocenters. The molecule has 0 heterocycles. The van der Waals surface area contributed by atoms with Crippen molar-refractivity contribution < 1.29 is 18.5 Å². The Morgan fingerprint density at radius 3 is 2.33 bits per heavy atom. The van der Waals surface area contributed by atoms with Gasteiger partial charge >= 0.3 is 5.69 Å². The Morgan fingerprint density at radius 1 is 1.14 bits per heavy atom. The molecule has 1 amide bonds. The first-order valence-electron chi connectivity index (χ1n) is 5.59. The fraction of sp³-hybridized carbons (Fsp3) is 0. The van der Waals surface area contributed by atoms with Gasteiger partial charge in [0, 0.05) is 21.3 Å². The van der Waals surface area contributed by atoms with Gasteiger partial charge in [0.15, 0.2) is 0 Å². The number of benzene rings is 2. The lowest BCUT2D eigenvalue weighted by Gasteiger charge is -2.07. The normalized spacial score (nSPS) is 10.2. The molecule has 108 valence electrons. The number of carbonyl (C=O) groups is 1. The molecular formula is C13H7F2IN2O3. The van der Waals surface area contributed by atoms with Gasteiger partial charge in [-0.15, -0.1) is 0 Å². The monoisotopic (exact) mass is 404 g/mol. The summed E-state index contributed by atoms with van der Waals surface area (Å²) >= 11 is 2.06. The maximum atomic E-state index is 13.6. The van der Waals surface area contributed by atoms with Gasteiger partial charge in [-0.05, 0) is 46.9 Å². The van der Waals surface area contributed by atoms with E-state index in [1.807, 2.05) is 0 Å². The summed E-state index contributed by atoms with van der Waals surface area (Å²) in [6.45, 7) is 0. The number of halogens is 3. The highest BCUT2D eigenvalue weighted by molar-refractivity contribution is 14.1. The van der Waals surface area contributed by atoms with Crippen molar-refractivity contribution in [3.63, 3.8) is 0 Å². The van der Waals surface area contributed by atoms with Crippen molar-refractivity contribution in [1.82, 2.24) is 0 Å². The molecule has 0 aliphatic heterocycles. The molecule has 0 aromatic heterocycles. The molecule has 0 bridgehead atoms. The minimum Gasteiger partial charge on any atom is -0.319 e. The van der Waals surface area contributed by atoms with E-state index in [4.69, 9.17) is 0 Å².